The number of aliphatic hydroxyl groups excluding tert-OH is 1. The molecular weight excluding hydrogens is 458 g/mol. The summed E-state index contributed by atoms with van der Waals surface area (Å²) in [6, 6.07) is 5.31. The van der Waals surface area contributed by atoms with Gasteiger partial charge in [0.05, 0.1) is 40.8 Å². The Morgan fingerprint density at radius 1 is 1.29 bits per heavy atom. The Kier molecular flexibility index (Phi) is 6.46. The summed E-state index contributed by atoms with van der Waals surface area (Å²) in [5.41, 5.74) is -1.61. The lowest BCUT2D eigenvalue weighted by molar-refractivity contribution is -0.149. The third-order valence-corrected chi connectivity index (χ3v) is 8.34. The number of nitrogens with zero attached hydrogens (tertiary/aromatic N) is 1. The summed E-state index contributed by atoms with van der Waals surface area (Å²) in [5.74, 6) is -2.43. The summed E-state index contributed by atoms with van der Waals surface area (Å²) in [6.45, 7) is 7.57. The third-order valence-electron chi connectivity index (χ3n) is 8.01. The van der Waals surface area contributed by atoms with E-state index in [0.29, 0.717) is 23.6 Å². The molecule has 3 saturated heterocycles. The van der Waals surface area contributed by atoms with Crippen LogP contribution in [0.1, 0.15) is 40.5 Å². The van der Waals surface area contributed by atoms with Crippen LogP contribution >= 0.6 is 11.6 Å². The fraction of sp³-hybridized carbons (Fsp3) is 0.640. The Hall–Kier alpha value is -2.16. The van der Waals surface area contributed by atoms with E-state index in [1.54, 1.807) is 31.3 Å². The molecule has 8 nitrogen and oxygen atoms in total. The maximum absolute atomic E-state index is 14.0. The van der Waals surface area contributed by atoms with Crippen LogP contribution in [0.4, 0.5) is 5.69 Å². The number of anilines is 1. The van der Waals surface area contributed by atoms with E-state index in [9.17, 15) is 19.5 Å². The van der Waals surface area contributed by atoms with Crippen LogP contribution in [0.5, 0.6) is 0 Å². The van der Waals surface area contributed by atoms with Crippen molar-refractivity contribution in [1.29, 1.82) is 0 Å². The first kappa shape index (κ1) is 24.9. The van der Waals surface area contributed by atoms with Crippen molar-refractivity contribution >= 4 is 35.0 Å². The first-order valence-corrected chi connectivity index (χ1v) is 12.3. The molecule has 1 aromatic carbocycles. The van der Waals surface area contributed by atoms with Crippen LogP contribution in [-0.4, -0.2) is 64.7 Å². The zero-order valence-corrected chi connectivity index (χ0v) is 21.1. The average molecular weight is 492 g/mol. The van der Waals surface area contributed by atoms with Gasteiger partial charge in [-0.15, -0.1) is 0 Å². The number of carbonyl (C=O) groups is 3. The highest BCUT2D eigenvalue weighted by molar-refractivity contribution is 6.33. The van der Waals surface area contributed by atoms with Crippen LogP contribution < -0.4 is 10.6 Å². The number of rotatable bonds is 7. The molecule has 3 unspecified atom stereocenters. The molecule has 9 heteroatoms. The Bertz CT molecular complexity index is 1000. The molecule has 4 rings (SSSR count). The molecule has 3 N–H and O–H groups in total. The zero-order valence-electron chi connectivity index (χ0n) is 20.3. The first-order valence-electron chi connectivity index (χ1n) is 11.9. The van der Waals surface area contributed by atoms with E-state index in [1.165, 1.54) is 4.90 Å². The molecule has 3 amide bonds. The maximum Gasteiger partial charge on any atom is 0.250 e. The van der Waals surface area contributed by atoms with Crippen molar-refractivity contribution in [2.45, 2.75) is 63.8 Å². The van der Waals surface area contributed by atoms with Gasteiger partial charge < -0.3 is 25.4 Å². The molecule has 0 radical (unpaired) electrons. The number of ether oxygens (including phenoxy) is 1. The van der Waals surface area contributed by atoms with E-state index in [2.05, 4.69) is 10.6 Å². The highest BCUT2D eigenvalue weighted by atomic mass is 35.5. The number of hydrogen-bond acceptors (Lipinski definition) is 5. The highest BCUT2D eigenvalue weighted by Gasteiger charge is 2.80. The summed E-state index contributed by atoms with van der Waals surface area (Å²) in [7, 11) is 1.54. The lowest BCUT2D eigenvalue weighted by Gasteiger charge is -2.37. The van der Waals surface area contributed by atoms with Crippen molar-refractivity contribution in [2.75, 3.05) is 19.0 Å². The molecule has 3 heterocycles. The molecule has 1 aromatic rings. The predicted octanol–water partition coefficient (Wildman–Crippen LogP) is 2.44. The van der Waals surface area contributed by atoms with Crippen LogP contribution in [0.15, 0.2) is 24.3 Å². The largest absolute Gasteiger partial charge is 0.394 e. The van der Waals surface area contributed by atoms with Crippen LogP contribution in [0.25, 0.3) is 0 Å². The number of fused-ring (bicyclic) bond motifs is 1. The van der Waals surface area contributed by atoms with Gasteiger partial charge in [0, 0.05) is 7.05 Å². The van der Waals surface area contributed by atoms with E-state index in [-0.39, 0.29) is 30.3 Å². The minimum Gasteiger partial charge on any atom is -0.394 e. The fourth-order valence-electron chi connectivity index (χ4n) is 6.51. The summed E-state index contributed by atoms with van der Waals surface area (Å²) < 4.78 is 6.62. The van der Waals surface area contributed by atoms with Gasteiger partial charge in [-0.25, -0.2) is 0 Å². The molecule has 186 valence electrons. The van der Waals surface area contributed by atoms with E-state index in [4.69, 9.17) is 16.3 Å². The molecule has 0 saturated carbocycles. The Balaban J connectivity index is 1.83. The van der Waals surface area contributed by atoms with Gasteiger partial charge in [0.2, 0.25) is 17.7 Å². The van der Waals surface area contributed by atoms with E-state index in [0.717, 1.165) is 0 Å². The molecule has 3 fully saturated rings. The lowest BCUT2D eigenvalue weighted by atomic mass is 9.62. The number of carbonyl (C=O) groups excluding carboxylic acids is 3. The van der Waals surface area contributed by atoms with Gasteiger partial charge in [-0.2, -0.15) is 0 Å². The second kappa shape index (κ2) is 8.81. The molecule has 3 aliphatic heterocycles. The van der Waals surface area contributed by atoms with Gasteiger partial charge >= 0.3 is 0 Å². The predicted molar refractivity (Wildman–Crippen MR) is 128 cm³/mol. The monoisotopic (exact) mass is 491 g/mol. The molecule has 2 bridgehead atoms. The number of hydrogen-bond donors (Lipinski definition) is 3. The molecule has 1 spiro atoms. The van der Waals surface area contributed by atoms with E-state index in [1.807, 2.05) is 27.7 Å². The molecule has 34 heavy (non-hydrogen) atoms. The van der Waals surface area contributed by atoms with Gasteiger partial charge in [0.1, 0.15) is 11.6 Å². The van der Waals surface area contributed by atoms with Gasteiger partial charge in [-0.1, -0.05) is 44.5 Å². The molecule has 3 aliphatic rings. The molecule has 0 aliphatic carbocycles. The Labute approximate surface area is 205 Å². The van der Waals surface area contributed by atoms with Crippen molar-refractivity contribution in [1.82, 2.24) is 10.2 Å². The van der Waals surface area contributed by atoms with Gasteiger partial charge in [-0.05, 0) is 43.7 Å². The average Bonchev–Trinajstić information content (AvgIpc) is 3.30. The van der Waals surface area contributed by atoms with Gasteiger partial charge in [-0.3, -0.25) is 14.4 Å². The molecule has 0 aromatic heterocycles. The standard InChI is InChI=1S/C25H34ClN3O5/c1-13(2)10-15(12-30)29-20(22(32)28-17-9-7-6-8-16(17)26)25-11-14(3)24(4,34-25)18(21(31)27-5)19(25)23(29)33/h6-9,13-15,18-20,30H,10-12H2,1-5H3,(H,27,31)(H,28,32)/t14?,15-,18-,19+,20?,24+,25?/m1/s1. The number of halogens is 1. The van der Waals surface area contributed by atoms with Crippen LogP contribution in [-0.2, 0) is 19.1 Å². The quantitative estimate of drug-likeness (QED) is 0.543. The SMILES string of the molecule is CNC(=O)[C@H]1[C@H]2C(=O)N([C@@H](CO)CC(C)C)C(C(=O)Nc3ccccc3Cl)C23CC(C)[C@]1(C)O3. The number of para-hydroxylation sites is 1. The second-order valence-electron chi connectivity index (χ2n) is 10.5. The number of likely N-dealkylation sites (tertiary alicyclic amines) is 1. The van der Waals surface area contributed by atoms with Crippen LogP contribution in [0, 0.1) is 23.7 Å². The van der Waals surface area contributed by atoms with Crippen molar-refractivity contribution in [3.05, 3.63) is 29.3 Å². The summed E-state index contributed by atoms with van der Waals surface area (Å²) in [5, 5.41) is 16.2. The zero-order chi connectivity index (χ0) is 25.0. The summed E-state index contributed by atoms with van der Waals surface area (Å²) in [6.07, 6.45) is 0.975. The first-order chi connectivity index (χ1) is 16.0. The molecule has 7 atom stereocenters. The van der Waals surface area contributed by atoms with Crippen molar-refractivity contribution in [2.24, 2.45) is 23.7 Å². The fourth-order valence-corrected chi connectivity index (χ4v) is 6.69. The smallest absolute Gasteiger partial charge is 0.250 e. The third kappa shape index (κ3) is 3.53. The van der Waals surface area contributed by atoms with E-state index < -0.39 is 41.0 Å². The number of benzene rings is 1. The number of amides is 3. The molecular formula is C25H34ClN3O5. The lowest BCUT2D eigenvalue weighted by Crippen LogP contribution is -2.56. The van der Waals surface area contributed by atoms with Crippen LogP contribution in [0.3, 0.4) is 0 Å². The summed E-state index contributed by atoms with van der Waals surface area (Å²) >= 11 is 6.30. The maximum atomic E-state index is 14.0. The highest BCUT2D eigenvalue weighted by Crippen LogP contribution is 2.65. The normalized spacial score (nSPS) is 34.9. The summed E-state index contributed by atoms with van der Waals surface area (Å²) in [4.78, 5) is 42.4. The van der Waals surface area contributed by atoms with Gasteiger partial charge in [0.15, 0.2) is 0 Å². The Morgan fingerprint density at radius 2 is 1.97 bits per heavy atom. The second-order valence-corrected chi connectivity index (χ2v) is 10.9. The Morgan fingerprint density at radius 3 is 2.56 bits per heavy atom. The van der Waals surface area contributed by atoms with Crippen molar-refractivity contribution < 1.29 is 24.2 Å². The topological polar surface area (TPSA) is 108 Å². The van der Waals surface area contributed by atoms with Crippen LogP contribution in [0.2, 0.25) is 5.02 Å². The number of nitrogens with one attached hydrogen (secondary N) is 2. The minimum absolute atomic E-state index is 0.0490. The minimum atomic E-state index is -1.17. The van der Waals surface area contributed by atoms with Gasteiger partial charge in [0.25, 0.3) is 0 Å². The number of aliphatic hydroxyl groups is 1. The van der Waals surface area contributed by atoms with Crippen molar-refractivity contribution in [3.63, 3.8) is 0 Å². The van der Waals surface area contributed by atoms with Crippen molar-refractivity contribution in [3.8, 4) is 0 Å². The van der Waals surface area contributed by atoms with E-state index >= 15 is 0 Å².